The highest BCUT2D eigenvalue weighted by atomic mass is 16.2. The van der Waals surface area contributed by atoms with Crippen LogP contribution in [0.3, 0.4) is 0 Å². The lowest BCUT2D eigenvalue weighted by molar-refractivity contribution is -0.132. The smallest absolute Gasteiger partial charge is 0.258 e. The van der Waals surface area contributed by atoms with Gasteiger partial charge in [0.15, 0.2) is 0 Å². The van der Waals surface area contributed by atoms with Crippen LogP contribution in [0.2, 0.25) is 0 Å². The van der Waals surface area contributed by atoms with E-state index in [0.717, 1.165) is 36.2 Å². The number of nitrogens with zero attached hydrogens (tertiary/aromatic N) is 4. The predicted molar refractivity (Wildman–Crippen MR) is 135 cm³/mol. The van der Waals surface area contributed by atoms with Gasteiger partial charge >= 0.3 is 0 Å². The van der Waals surface area contributed by atoms with Crippen molar-refractivity contribution in [3.63, 3.8) is 0 Å². The summed E-state index contributed by atoms with van der Waals surface area (Å²) in [5, 5.41) is 1.06. The number of fused-ring (bicyclic) bond motifs is 1. The minimum absolute atomic E-state index is 0.00481. The maximum absolute atomic E-state index is 13.6. The highest BCUT2D eigenvalue weighted by Crippen LogP contribution is 2.22. The van der Waals surface area contributed by atoms with Gasteiger partial charge in [0.25, 0.3) is 5.91 Å². The number of carbonyl (C=O) groups excluding carboxylic acids is 2. The van der Waals surface area contributed by atoms with E-state index in [1.54, 1.807) is 4.90 Å². The average molecular weight is 460 g/mol. The molecule has 1 aromatic heterocycles. The van der Waals surface area contributed by atoms with E-state index in [0.29, 0.717) is 24.8 Å². The molecule has 2 saturated heterocycles. The van der Waals surface area contributed by atoms with Crippen molar-refractivity contribution in [3.05, 3.63) is 66.4 Å². The van der Waals surface area contributed by atoms with Crippen LogP contribution in [0.4, 0.5) is 5.69 Å². The van der Waals surface area contributed by atoms with Gasteiger partial charge in [-0.2, -0.15) is 0 Å². The van der Waals surface area contributed by atoms with E-state index in [9.17, 15) is 9.59 Å². The number of H-pyrrole nitrogens is 1. The fourth-order valence-corrected chi connectivity index (χ4v) is 5.25. The Bertz CT molecular complexity index is 1140. The number of amides is 2. The highest BCUT2D eigenvalue weighted by Gasteiger charge is 2.31. The third-order valence-electron chi connectivity index (χ3n) is 7.23. The summed E-state index contributed by atoms with van der Waals surface area (Å²) < 4.78 is 0. The second-order valence-electron chi connectivity index (χ2n) is 9.38. The van der Waals surface area contributed by atoms with Gasteiger partial charge in [0, 0.05) is 49.1 Å². The van der Waals surface area contributed by atoms with Crippen LogP contribution in [-0.2, 0) is 4.79 Å². The van der Waals surface area contributed by atoms with Gasteiger partial charge in [-0.05, 0) is 68.6 Å². The first-order valence-electron chi connectivity index (χ1n) is 12.3. The van der Waals surface area contributed by atoms with E-state index in [-0.39, 0.29) is 18.4 Å². The number of piperazine rings is 1. The van der Waals surface area contributed by atoms with Crippen molar-refractivity contribution in [2.24, 2.45) is 0 Å². The van der Waals surface area contributed by atoms with Crippen molar-refractivity contribution in [2.45, 2.75) is 25.4 Å². The quantitative estimate of drug-likeness (QED) is 0.635. The van der Waals surface area contributed by atoms with Crippen molar-refractivity contribution in [1.29, 1.82) is 0 Å². The molecule has 7 heteroatoms. The first kappa shape index (κ1) is 22.6. The van der Waals surface area contributed by atoms with Crippen molar-refractivity contribution in [2.75, 3.05) is 51.2 Å². The number of aromatic amines is 1. The number of aromatic nitrogens is 1. The molecule has 1 N–H and O–H groups in total. The zero-order chi connectivity index (χ0) is 23.5. The largest absolute Gasteiger partial charge is 0.361 e. The molecule has 0 spiro atoms. The molecule has 2 aliphatic rings. The van der Waals surface area contributed by atoms with Crippen molar-refractivity contribution >= 4 is 28.4 Å². The lowest BCUT2D eigenvalue weighted by Gasteiger charge is -2.44. The number of hydrogen-bond donors (Lipinski definition) is 1. The van der Waals surface area contributed by atoms with E-state index < -0.39 is 0 Å². The Morgan fingerprint density at radius 2 is 1.76 bits per heavy atom. The van der Waals surface area contributed by atoms with Gasteiger partial charge in [0.1, 0.15) is 6.54 Å². The molecule has 0 aliphatic carbocycles. The first-order chi connectivity index (χ1) is 16.6. The van der Waals surface area contributed by atoms with Crippen LogP contribution in [0.15, 0.2) is 60.8 Å². The number of para-hydroxylation sites is 1. The molecular formula is C27H33N5O2. The lowest BCUT2D eigenvalue weighted by atomic mass is 10.1. The number of rotatable bonds is 5. The number of nitrogens with one attached hydrogen (secondary N) is 1. The molecule has 1 atom stereocenters. The Kier molecular flexibility index (Phi) is 6.65. The molecule has 2 amide bonds. The fraction of sp³-hybridized carbons (Fsp3) is 0.407. The Morgan fingerprint density at radius 1 is 0.971 bits per heavy atom. The molecule has 3 aromatic rings. The summed E-state index contributed by atoms with van der Waals surface area (Å²) in [6, 6.07) is 17.1. The zero-order valence-corrected chi connectivity index (χ0v) is 19.8. The lowest BCUT2D eigenvalue weighted by Crippen LogP contribution is -2.58. The molecule has 178 valence electrons. The van der Waals surface area contributed by atoms with E-state index >= 15 is 0 Å². The zero-order valence-electron chi connectivity index (χ0n) is 19.8. The molecule has 1 unspecified atom stereocenters. The van der Waals surface area contributed by atoms with Crippen LogP contribution in [0.1, 0.15) is 29.6 Å². The summed E-state index contributed by atoms with van der Waals surface area (Å²) in [4.78, 5) is 38.5. The van der Waals surface area contributed by atoms with Gasteiger partial charge in [0.2, 0.25) is 5.91 Å². The molecular weight excluding hydrogens is 426 g/mol. The van der Waals surface area contributed by atoms with Crippen LogP contribution < -0.4 is 4.90 Å². The van der Waals surface area contributed by atoms with E-state index in [1.165, 1.54) is 19.3 Å². The molecule has 2 aromatic carbocycles. The van der Waals surface area contributed by atoms with Gasteiger partial charge < -0.3 is 9.88 Å². The van der Waals surface area contributed by atoms with Gasteiger partial charge in [-0.25, -0.2) is 0 Å². The number of anilines is 1. The second-order valence-corrected chi connectivity index (χ2v) is 9.38. The third-order valence-corrected chi connectivity index (χ3v) is 7.23. The molecule has 7 nitrogen and oxygen atoms in total. The molecule has 2 fully saturated rings. The Morgan fingerprint density at radius 3 is 2.53 bits per heavy atom. The van der Waals surface area contributed by atoms with Crippen molar-refractivity contribution in [1.82, 2.24) is 19.7 Å². The average Bonchev–Trinajstić information content (AvgIpc) is 3.36. The van der Waals surface area contributed by atoms with Crippen molar-refractivity contribution in [3.8, 4) is 0 Å². The number of piperidine rings is 1. The number of hydrogen-bond acceptors (Lipinski definition) is 4. The number of benzene rings is 2. The van der Waals surface area contributed by atoms with Gasteiger partial charge in [-0.3, -0.25) is 24.3 Å². The molecule has 2 aliphatic heterocycles. The highest BCUT2D eigenvalue weighted by molar-refractivity contribution is 6.10. The van der Waals surface area contributed by atoms with Gasteiger partial charge in [-0.1, -0.05) is 24.3 Å². The van der Waals surface area contributed by atoms with Crippen LogP contribution in [0.5, 0.6) is 0 Å². The standard InChI is InChI=1S/C27H33N5O2/c1-29-14-6-5-9-25(29)30-15-17-31(18-16-30)26(33)20-32(23-7-3-2-4-8-23)27(34)22-11-10-21-12-13-28-24(21)19-22/h2-4,7-8,10-13,19,25,28H,5-6,9,14-18,20H2,1H3. The van der Waals surface area contributed by atoms with Crippen molar-refractivity contribution < 1.29 is 9.59 Å². The summed E-state index contributed by atoms with van der Waals surface area (Å²) in [7, 11) is 2.20. The van der Waals surface area contributed by atoms with Crippen LogP contribution in [0, 0.1) is 0 Å². The number of carbonyl (C=O) groups is 2. The topological polar surface area (TPSA) is 62.9 Å². The van der Waals surface area contributed by atoms with E-state index in [1.807, 2.05) is 65.7 Å². The maximum Gasteiger partial charge on any atom is 0.258 e. The van der Waals surface area contributed by atoms with Gasteiger partial charge in [-0.15, -0.1) is 0 Å². The minimum Gasteiger partial charge on any atom is -0.361 e. The molecule has 3 heterocycles. The minimum atomic E-state index is -0.168. The maximum atomic E-state index is 13.6. The molecule has 34 heavy (non-hydrogen) atoms. The normalized spacial score (nSPS) is 19.9. The fourth-order valence-electron chi connectivity index (χ4n) is 5.25. The van der Waals surface area contributed by atoms with Crippen LogP contribution in [-0.4, -0.2) is 84.0 Å². The second kappa shape index (κ2) is 9.99. The molecule has 0 saturated carbocycles. The molecule has 0 bridgehead atoms. The first-order valence-corrected chi connectivity index (χ1v) is 12.3. The summed E-state index contributed by atoms with van der Waals surface area (Å²) >= 11 is 0. The predicted octanol–water partition coefficient (Wildman–Crippen LogP) is 3.40. The third kappa shape index (κ3) is 4.72. The monoisotopic (exact) mass is 459 g/mol. The summed E-state index contributed by atoms with van der Waals surface area (Å²) in [5.41, 5.74) is 2.21. The van der Waals surface area contributed by atoms with Crippen LogP contribution >= 0.6 is 0 Å². The summed E-state index contributed by atoms with van der Waals surface area (Å²) in [5.74, 6) is -0.173. The molecule has 5 rings (SSSR count). The number of likely N-dealkylation sites (tertiary alicyclic amines) is 1. The summed E-state index contributed by atoms with van der Waals surface area (Å²) in [6.07, 6.45) is 6.09. The van der Waals surface area contributed by atoms with E-state index in [4.69, 9.17) is 0 Å². The van der Waals surface area contributed by atoms with E-state index in [2.05, 4.69) is 21.8 Å². The Hall–Kier alpha value is -3.16. The molecule has 0 radical (unpaired) electrons. The Balaban J connectivity index is 1.29. The van der Waals surface area contributed by atoms with Crippen LogP contribution in [0.25, 0.3) is 10.9 Å². The SMILES string of the molecule is CN1CCCCC1N1CCN(C(=O)CN(C(=O)c2ccc3cc[nH]c3c2)c2ccccc2)CC1. The summed E-state index contributed by atoms with van der Waals surface area (Å²) in [6.45, 7) is 4.34. The van der Waals surface area contributed by atoms with Gasteiger partial charge in [0.05, 0.1) is 6.17 Å². The Labute approximate surface area is 200 Å².